The number of hydrazone groups is 1. The molecule has 1 amide bonds. The Morgan fingerprint density at radius 2 is 1.88 bits per heavy atom. The summed E-state index contributed by atoms with van der Waals surface area (Å²) in [6.07, 6.45) is 1.74. The van der Waals surface area contributed by atoms with E-state index in [1.54, 1.807) is 42.3 Å². The first-order valence-electron chi connectivity index (χ1n) is 10.1. The number of ether oxygens (including phenoxy) is 1. The highest BCUT2D eigenvalue weighted by atomic mass is 35.5. The molecule has 3 aromatic carbocycles. The zero-order chi connectivity index (χ0) is 22.7. The van der Waals surface area contributed by atoms with Crippen molar-refractivity contribution in [3.05, 3.63) is 100 Å². The summed E-state index contributed by atoms with van der Waals surface area (Å²) >= 11 is 6.07. The van der Waals surface area contributed by atoms with Gasteiger partial charge in [0.1, 0.15) is 11.8 Å². The van der Waals surface area contributed by atoms with Gasteiger partial charge in [0.2, 0.25) is 12.3 Å². The molecule has 4 rings (SSSR count). The zero-order valence-electron chi connectivity index (χ0n) is 17.7. The molecule has 0 aliphatic carbocycles. The number of amides is 1. The lowest BCUT2D eigenvalue weighted by atomic mass is 9.99. The second-order valence-electron chi connectivity index (χ2n) is 7.51. The Morgan fingerprint density at radius 1 is 1.12 bits per heavy atom. The summed E-state index contributed by atoms with van der Waals surface area (Å²) in [6, 6.07) is 20.4. The van der Waals surface area contributed by atoms with E-state index in [-0.39, 0.29) is 5.91 Å². The summed E-state index contributed by atoms with van der Waals surface area (Å²) in [4.78, 5) is 12.9. The highest BCUT2D eigenvalue weighted by Gasteiger charge is 2.41. The van der Waals surface area contributed by atoms with Crippen LogP contribution < -0.4 is 15.2 Å². The molecule has 3 aromatic rings. The first-order chi connectivity index (χ1) is 15.5. The predicted molar refractivity (Wildman–Crippen MR) is 122 cm³/mol. The van der Waals surface area contributed by atoms with Crippen LogP contribution in [0.1, 0.15) is 33.1 Å². The van der Waals surface area contributed by atoms with Crippen LogP contribution in [0.3, 0.4) is 0 Å². The number of nitrogens with one attached hydrogen (secondary N) is 1. The van der Waals surface area contributed by atoms with E-state index in [9.17, 15) is 9.90 Å². The molecule has 1 N–H and O–H groups in total. The van der Waals surface area contributed by atoms with Gasteiger partial charge in [0, 0.05) is 16.1 Å². The van der Waals surface area contributed by atoms with Crippen molar-refractivity contribution in [1.29, 1.82) is 0 Å². The van der Waals surface area contributed by atoms with Gasteiger partial charge in [0.15, 0.2) is 0 Å². The minimum absolute atomic E-state index is 0.333. The van der Waals surface area contributed by atoms with Gasteiger partial charge in [-0.15, -0.1) is 0 Å². The lowest BCUT2D eigenvalue weighted by molar-refractivity contribution is -0.565. The van der Waals surface area contributed by atoms with E-state index in [4.69, 9.17) is 16.3 Å². The molecule has 2 atom stereocenters. The predicted octanol–water partition coefficient (Wildman–Crippen LogP) is 3.32. The van der Waals surface area contributed by atoms with Crippen LogP contribution in [0, 0.1) is 6.92 Å². The van der Waals surface area contributed by atoms with Gasteiger partial charge in [-0.05, 0) is 48.4 Å². The summed E-state index contributed by atoms with van der Waals surface area (Å²) < 4.78 is 7.00. The summed E-state index contributed by atoms with van der Waals surface area (Å²) in [7, 11) is 1.58. The van der Waals surface area contributed by atoms with E-state index in [1.165, 1.54) is 0 Å². The summed E-state index contributed by atoms with van der Waals surface area (Å²) in [5.41, 5.74) is 3.00. The first kappa shape index (κ1) is 21.6. The molecule has 0 fully saturated rings. The molecule has 0 aromatic heterocycles. The van der Waals surface area contributed by atoms with Gasteiger partial charge in [-0.1, -0.05) is 58.2 Å². The molecule has 32 heavy (non-hydrogen) atoms. The monoisotopic (exact) mass is 447 g/mol. The number of hydrogen-bond donors (Lipinski definition) is 1. The van der Waals surface area contributed by atoms with Crippen LogP contribution >= 0.6 is 11.6 Å². The normalized spacial score (nSPS) is 19.0. The maximum atomic E-state index is 12.9. The van der Waals surface area contributed by atoms with E-state index in [1.807, 2.05) is 55.5 Å². The number of hydrogen-bond acceptors (Lipinski definition) is 4. The van der Waals surface area contributed by atoms with Gasteiger partial charge in [0.05, 0.1) is 18.6 Å². The van der Waals surface area contributed by atoms with Crippen LogP contribution in [-0.2, 0) is 0 Å². The van der Waals surface area contributed by atoms with Crippen molar-refractivity contribution < 1.29 is 19.3 Å². The lowest BCUT2D eigenvalue weighted by Crippen LogP contribution is -2.47. The molecular weight excluding hydrogens is 426 g/mol. The van der Waals surface area contributed by atoms with Crippen molar-refractivity contribution in [2.45, 2.75) is 19.0 Å². The minimum Gasteiger partial charge on any atom is -0.856 e. The molecule has 0 saturated heterocycles. The third-order valence-electron chi connectivity index (χ3n) is 5.27. The fourth-order valence-corrected chi connectivity index (χ4v) is 3.83. The van der Waals surface area contributed by atoms with Gasteiger partial charge in [0.25, 0.3) is 5.91 Å². The SMILES string of the molecule is COc1ccccc1/C=[N+]1\N=C([O-])[C@H](NC(=O)c2cccc(C)c2)[C@@H]1c1ccc(Cl)cc1. The van der Waals surface area contributed by atoms with Crippen molar-refractivity contribution in [3.63, 3.8) is 0 Å². The van der Waals surface area contributed by atoms with Crippen LogP contribution in [0.2, 0.25) is 5.02 Å². The first-order valence-corrected chi connectivity index (χ1v) is 10.5. The molecular formula is C25H22ClN3O3. The van der Waals surface area contributed by atoms with Crippen molar-refractivity contribution in [3.8, 4) is 5.75 Å². The number of carbonyl (C=O) groups excluding carboxylic acids is 1. The standard InChI is InChI=1S/C25H22ClN3O3/c1-16-6-5-8-18(14-16)24(30)27-22-23(17-10-12-20(26)13-11-17)29(28-25(22)31)15-19-7-3-4-9-21(19)32-2/h3-15,22-23H,1-2H3,(H-,27,28,30,31)/b29-15-/t22-,23+/m1/s1. The number of aryl methyl sites for hydroxylation is 1. The van der Waals surface area contributed by atoms with E-state index in [0.717, 1.165) is 16.7 Å². The molecule has 0 unspecified atom stereocenters. The third-order valence-corrected chi connectivity index (χ3v) is 5.52. The Kier molecular flexibility index (Phi) is 6.23. The lowest BCUT2D eigenvalue weighted by Gasteiger charge is -2.20. The number of para-hydroxylation sites is 1. The maximum Gasteiger partial charge on any atom is 0.252 e. The highest BCUT2D eigenvalue weighted by Crippen LogP contribution is 2.29. The molecule has 162 valence electrons. The van der Waals surface area contributed by atoms with E-state index in [0.29, 0.717) is 16.3 Å². The Labute approximate surface area is 191 Å². The van der Waals surface area contributed by atoms with Crippen molar-refractivity contribution in [2.24, 2.45) is 5.10 Å². The Morgan fingerprint density at radius 3 is 2.59 bits per heavy atom. The maximum absolute atomic E-state index is 12.9. The van der Waals surface area contributed by atoms with E-state index >= 15 is 0 Å². The van der Waals surface area contributed by atoms with Crippen LogP contribution in [-0.4, -0.2) is 35.9 Å². The average Bonchev–Trinajstić information content (AvgIpc) is 3.09. The second kappa shape index (κ2) is 9.24. The third kappa shape index (κ3) is 4.50. The van der Waals surface area contributed by atoms with Crippen LogP contribution in [0.4, 0.5) is 0 Å². The topological polar surface area (TPSA) is 76.8 Å². The molecule has 0 radical (unpaired) electrons. The summed E-state index contributed by atoms with van der Waals surface area (Å²) in [6.45, 7) is 1.91. The molecule has 1 aliphatic rings. The number of halogens is 1. The Bertz CT molecular complexity index is 1210. The molecule has 0 spiro atoms. The molecule has 6 nitrogen and oxygen atoms in total. The van der Waals surface area contributed by atoms with Crippen molar-refractivity contribution in [2.75, 3.05) is 7.11 Å². The van der Waals surface area contributed by atoms with Gasteiger partial charge in [-0.2, -0.15) is 0 Å². The second-order valence-corrected chi connectivity index (χ2v) is 7.94. The zero-order valence-corrected chi connectivity index (χ0v) is 18.4. The quantitative estimate of drug-likeness (QED) is 0.609. The average molecular weight is 448 g/mol. The van der Waals surface area contributed by atoms with Crippen molar-refractivity contribution in [1.82, 2.24) is 5.32 Å². The Balaban J connectivity index is 1.74. The van der Waals surface area contributed by atoms with Gasteiger partial charge in [-0.25, -0.2) is 0 Å². The number of carbonyl (C=O) groups is 1. The summed E-state index contributed by atoms with van der Waals surface area (Å²) in [5, 5.41) is 20.6. The van der Waals surface area contributed by atoms with Gasteiger partial charge < -0.3 is 15.2 Å². The van der Waals surface area contributed by atoms with Crippen molar-refractivity contribution >= 4 is 29.6 Å². The fourth-order valence-electron chi connectivity index (χ4n) is 3.71. The smallest absolute Gasteiger partial charge is 0.252 e. The number of benzene rings is 3. The van der Waals surface area contributed by atoms with Crippen LogP contribution in [0.15, 0.2) is 77.9 Å². The molecule has 1 aliphatic heterocycles. The summed E-state index contributed by atoms with van der Waals surface area (Å²) in [5.74, 6) is -0.116. The fraction of sp³-hybridized carbons (Fsp3) is 0.160. The molecule has 0 saturated carbocycles. The Hall–Kier alpha value is -3.64. The molecule has 0 bridgehead atoms. The van der Waals surface area contributed by atoms with Gasteiger partial charge >= 0.3 is 0 Å². The molecule has 1 heterocycles. The largest absolute Gasteiger partial charge is 0.856 e. The van der Waals surface area contributed by atoms with Crippen LogP contribution in [0.25, 0.3) is 0 Å². The number of nitrogens with zero attached hydrogens (tertiary/aromatic N) is 2. The van der Waals surface area contributed by atoms with Gasteiger partial charge in [-0.3, -0.25) is 4.79 Å². The van der Waals surface area contributed by atoms with E-state index in [2.05, 4.69) is 10.4 Å². The minimum atomic E-state index is -0.866. The molecule has 7 heteroatoms. The van der Waals surface area contributed by atoms with Crippen LogP contribution in [0.5, 0.6) is 5.75 Å². The number of rotatable bonds is 5. The van der Waals surface area contributed by atoms with E-state index < -0.39 is 18.0 Å². The highest BCUT2D eigenvalue weighted by molar-refractivity contribution is 6.30. The number of methoxy groups -OCH3 is 1.